The lowest BCUT2D eigenvalue weighted by molar-refractivity contribution is -0.126. The number of fused-ring (bicyclic) bond motifs is 3. The van der Waals surface area contributed by atoms with Gasteiger partial charge in [0, 0.05) is 23.3 Å². The van der Waals surface area contributed by atoms with Crippen LogP contribution in [0.4, 0.5) is 0 Å². The predicted molar refractivity (Wildman–Crippen MR) is 102 cm³/mol. The third-order valence-corrected chi connectivity index (χ3v) is 6.59. The maximum atomic E-state index is 12.9. The van der Waals surface area contributed by atoms with Crippen LogP contribution in [0.2, 0.25) is 0 Å². The van der Waals surface area contributed by atoms with Gasteiger partial charge >= 0.3 is 0 Å². The number of nitrogens with one attached hydrogen (secondary N) is 1. The van der Waals surface area contributed by atoms with Crippen molar-refractivity contribution in [2.45, 2.75) is 63.6 Å². The fourth-order valence-corrected chi connectivity index (χ4v) is 5.19. The van der Waals surface area contributed by atoms with E-state index >= 15 is 0 Å². The molecule has 0 saturated carbocycles. The van der Waals surface area contributed by atoms with Crippen molar-refractivity contribution in [3.05, 3.63) is 41.3 Å². The normalized spacial score (nSPS) is 28.1. The van der Waals surface area contributed by atoms with E-state index in [1.54, 1.807) is 0 Å². The molecule has 3 unspecified atom stereocenters. The van der Waals surface area contributed by atoms with Gasteiger partial charge in [-0.15, -0.1) is 0 Å². The Hall–Kier alpha value is -2.88. The van der Waals surface area contributed by atoms with Gasteiger partial charge in [-0.2, -0.15) is 10.4 Å². The number of hydrogen-bond acceptors (Lipinski definition) is 5. The Morgan fingerprint density at radius 1 is 1.32 bits per heavy atom. The highest BCUT2D eigenvalue weighted by Gasteiger charge is 2.47. The fraction of sp³-hybridized carbons (Fsp3) is 0.524. The number of carbonyl (C=O) groups excluding carboxylic acids is 1. The Kier molecular flexibility index (Phi) is 4.08. The second-order valence-electron chi connectivity index (χ2n) is 8.26. The van der Waals surface area contributed by atoms with E-state index in [0.29, 0.717) is 6.04 Å². The van der Waals surface area contributed by atoms with Crippen LogP contribution < -0.4 is 5.32 Å². The summed E-state index contributed by atoms with van der Waals surface area (Å²) in [4.78, 5) is 19.4. The molecular formula is C21H24N6O. The molecule has 0 radical (unpaired) electrons. The SMILES string of the molecule is Cc1cccc(-n2ncc3c2CC[C@@H](C(=O)NC2CC4CCC2N4C#N)C3)n1. The summed E-state index contributed by atoms with van der Waals surface area (Å²) in [6.45, 7) is 1.98. The van der Waals surface area contributed by atoms with Crippen molar-refractivity contribution >= 4 is 5.91 Å². The topological polar surface area (TPSA) is 86.8 Å². The summed E-state index contributed by atoms with van der Waals surface area (Å²) < 4.78 is 1.91. The number of nitrogens with zero attached hydrogens (tertiary/aromatic N) is 5. The summed E-state index contributed by atoms with van der Waals surface area (Å²) in [6.07, 6.45) is 9.53. The molecule has 2 saturated heterocycles. The number of hydrogen-bond donors (Lipinski definition) is 1. The first-order valence-electron chi connectivity index (χ1n) is 10.1. The first-order chi connectivity index (χ1) is 13.6. The Morgan fingerprint density at radius 2 is 2.21 bits per heavy atom. The maximum Gasteiger partial charge on any atom is 0.223 e. The van der Waals surface area contributed by atoms with Crippen LogP contribution in [0.25, 0.3) is 5.82 Å². The highest BCUT2D eigenvalue weighted by molar-refractivity contribution is 5.79. The van der Waals surface area contributed by atoms with Gasteiger partial charge in [-0.05, 0) is 63.1 Å². The average Bonchev–Trinajstić information content (AvgIpc) is 3.39. The van der Waals surface area contributed by atoms with Crippen molar-refractivity contribution in [1.82, 2.24) is 25.0 Å². The molecule has 2 aliphatic heterocycles. The smallest absolute Gasteiger partial charge is 0.223 e. The van der Waals surface area contributed by atoms with Crippen molar-refractivity contribution in [2.24, 2.45) is 5.92 Å². The van der Waals surface area contributed by atoms with Gasteiger partial charge in [0.1, 0.15) is 0 Å². The molecular weight excluding hydrogens is 352 g/mol. The summed E-state index contributed by atoms with van der Waals surface area (Å²) in [6, 6.07) is 6.56. The minimum atomic E-state index is -0.0229. The van der Waals surface area contributed by atoms with Crippen LogP contribution in [0, 0.1) is 24.3 Å². The summed E-state index contributed by atoms with van der Waals surface area (Å²) in [5.41, 5.74) is 3.27. The van der Waals surface area contributed by atoms with Gasteiger partial charge < -0.3 is 10.2 Å². The van der Waals surface area contributed by atoms with Gasteiger partial charge in [0.25, 0.3) is 0 Å². The molecule has 7 heteroatoms. The number of aryl methyl sites for hydroxylation is 1. The molecule has 0 aromatic carbocycles. The Bertz CT molecular complexity index is 960. The van der Waals surface area contributed by atoms with E-state index < -0.39 is 0 Å². The predicted octanol–water partition coefficient (Wildman–Crippen LogP) is 1.88. The highest BCUT2D eigenvalue weighted by atomic mass is 16.2. The molecule has 2 aromatic rings. The number of nitriles is 1. The van der Waals surface area contributed by atoms with Crippen LogP contribution in [0.3, 0.4) is 0 Å². The molecule has 1 aliphatic carbocycles. The zero-order valence-corrected chi connectivity index (χ0v) is 16.0. The van der Waals surface area contributed by atoms with E-state index in [0.717, 1.165) is 61.3 Å². The van der Waals surface area contributed by atoms with E-state index in [4.69, 9.17) is 0 Å². The zero-order chi connectivity index (χ0) is 19.3. The van der Waals surface area contributed by atoms with E-state index in [1.165, 1.54) is 0 Å². The second-order valence-corrected chi connectivity index (χ2v) is 8.26. The molecule has 4 heterocycles. The lowest BCUT2D eigenvalue weighted by Gasteiger charge is -2.27. The standard InChI is InChI=1S/C21H24N6O/c1-13-3-2-4-20(24-13)27-18-7-5-14(9-15(18)11-23-27)21(28)25-17-10-16-6-8-19(17)26(16)12-22/h2-4,11,14,16-17,19H,5-10H2,1H3,(H,25,28)/t14-,16?,17?,19?/m1/s1. The molecule has 0 spiro atoms. The molecule has 5 rings (SSSR count). The molecule has 1 amide bonds. The van der Waals surface area contributed by atoms with E-state index in [1.807, 2.05) is 40.9 Å². The van der Waals surface area contributed by atoms with Crippen LogP contribution in [0.1, 0.15) is 42.6 Å². The zero-order valence-electron chi connectivity index (χ0n) is 16.0. The van der Waals surface area contributed by atoms with Gasteiger partial charge in [-0.3, -0.25) is 4.79 Å². The summed E-state index contributed by atoms with van der Waals surface area (Å²) in [5, 5.41) is 17.1. The van der Waals surface area contributed by atoms with Crippen molar-refractivity contribution in [3.63, 3.8) is 0 Å². The molecule has 4 atom stereocenters. The van der Waals surface area contributed by atoms with E-state index in [2.05, 4.69) is 21.6 Å². The number of aromatic nitrogens is 3. The van der Waals surface area contributed by atoms with Crippen molar-refractivity contribution in [3.8, 4) is 12.0 Å². The molecule has 2 aromatic heterocycles. The van der Waals surface area contributed by atoms with Crippen molar-refractivity contribution < 1.29 is 4.79 Å². The quantitative estimate of drug-likeness (QED) is 0.827. The molecule has 2 fully saturated rings. The Labute approximate surface area is 164 Å². The number of carbonyl (C=O) groups is 1. The van der Waals surface area contributed by atoms with Gasteiger partial charge in [-0.25, -0.2) is 9.67 Å². The van der Waals surface area contributed by atoms with Crippen LogP contribution in [0.15, 0.2) is 24.4 Å². The van der Waals surface area contributed by atoms with Crippen molar-refractivity contribution in [2.75, 3.05) is 0 Å². The van der Waals surface area contributed by atoms with Gasteiger partial charge in [0.05, 0.1) is 18.3 Å². The van der Waals surface area contributed by atoms with Gasteiger partial charge in [0.15, 0.2) is 12.0 Å². The average molecular weight is 376 g/mol. The number of rotatable bonds is 3. The number of amides is 1. The maximum absolute atomic E-state index is 12.9. The highest BCUT2D eigenvalue weighted by Crippen LogP contribution is 2.37. The van der Waals surface area contributed by atoms with Gasteiger partial charge in [-0.1, -0.05) is 6.07 Å². The minimum Gasteiger partial charge on any atom is -0.351 e. The van der Waals surface area contributed by atoms with Crippen LogP contribution in [-0.4, -0.2) is 43.7 Å². The molecule has 1 N–H and O–H groups in total. The van der Waals surface area contributed by atoms with Crippen LogP contribution in [-0.2, 0) is 17.6 Å². The fourth-order valence-electron chi connectivity index (χ4n) is 5.19. The third kappa shape index (κ3) is 2.75. The number of pyridine rings is 1. The summed E-state index contributed by atoms with van der Waals surface area (Å²) >= 11 is 0. The lowest BCUT2D eigenvalue weighted by atomic mass is 9.86. The third-order valence-electron chi connectivity index (χ3n) is 6.59. The Balaban J connectivity index is 1.28. The van der Waals surface area contributed by atoms with Crippen LogP contribution in [0.5, 0.6) is 0 Å². The lowest BCUT2D eigenvalue weighted by Crippen LogP contribution is -2.46. The van der Waals surface area contributed by atoms with Crippen LogP contribution >= 0.6 is 0 Å². The first kappa shape index (κ1) is 17.2. The Morgan fingerprint density at radius 3 is 3.00 bits per heavy atom. The van der Waals surface area contributed by atoms with E-state index in [-0.39, 0.29) is 23.9 Å². The first-order valence-corrected chi connectivity index (χ1v) is 10.1. The largest absolute Gasteiger partial charge is 0.351 e. The molecule has 144 valence electrons. The molecule has 7 nitrogen and oxygen atoms in total. The molecule has 28 heavy (non-hydrogen) atoms. The molecule has 3 aliphatic rings. The second kappa shape index (κ2) is 6.62. The van der Waals surface area contributed by atoms with Crippen molar-refractivity contribution in [1.29, 1.82) is 5.26 Å². The summed E-state index contributed by atoms with van der Waals surface area (Å²) in [7, 11) is 0. The summed E-state index contributed by atoms with van der Waals surface area (Å²) in [5.74, 6) is 0.940. The van der Waals surface area contributed by atoms with Gasteiger partial charge in [0.2, 0.25) is 5.91 Å². The molecule has 2 bridgehead atoms. The minimum absolute atomic E-state index is 0.0229. The monoisotopic (exact) mass is 376 g/mol. The van der Waals surface area contributed by atoms with E-state index in [9.17, 15) is 10.1 Å².